The fourth-order valence-electron chi connectivity index (χ4n) is 2.97. The maximum absolute atomic E-state index is 12.6. The molecule has 2 amide bonds. The van der Waals surface area contributed by atoms with E-state index in [0.717, 1.165) is 36.1 Å². The van der Waals surface area contributed by atoms with Crippen molar-refractivity contribution in [3.8, 4) is 0 Å². The molecule has 2 rings (SSSR count). The van der Waals surface area contributed by atoms with Crippen molar-refractivity contribution in [2.75, 3.05) is 19.6 Å². The molecule has 1 aromatic rings. The van der Waals surface area contributed by atoms with Crippen LogP contribution in [0.2, 0.25) is 0 Å². The predicted molar refractivity (Wildman–Crippen MR) is 83.2 cm³/mol. The summed E-state index contributed by atoms with van der Waals surface area (Å²) >= 11 is 0. The summed E-state index contributed by atoms with van der Waals surface area (Å²) in [5, 5.41) is 2.86. The first-order valence-electron chi connectivity index (χ1n) is 7.66. The predicted octanol–water partition coefficient (Wildman–Crippen LogP) is 2.29. The van der Waals surface area contributed by atoms with Gasteiger partial charge in [0.05, 0.1) is 5.92 Å². The van der Waals surface area contributed by atoms with Gasteiger partial charge in [0.2, 0.25) is 5.91 Å². The van der Waals surface area contributed by atoms with Crippen molar-refractivity contribution in [2.24, 2.45) is 5.92 Å². The van der Waals surface area contributed by atoms with E-state index in [1.54, 1.807) is 0 Å². The number of amides is 2. The Labute approximate surface area is 126 Å². The Bertz CT molecular complexity index is 519. The molecule has 1 aliphatic heterocycles. The van der Waals surface area contributed by atoms with Gasteiger partial charge in [0, 0.05) is 25.2 Å². The lowest BCUT2D eigenvalue weighted by Crippen LogP contribution is -2.45. The maximum atomic E-state index is 12.6. The molecule has 114 valence electrons. The molecule has 1 saturated heterocycles. The van der Waals surface area contributed by atoms with Gasteiger partial charge in [0.25, 0.3) is 5.91 Å². The number of carbonyl (C=O) groups is 2. The van der Waals surface area contributed by atoms with Crippen LogP contribution in [0.4, 0.5) is 0 Å². The third-order valence-corrected chi connectivity index (χ3v) is 3.90. The van der Waals surface area contributed by atoms with Gasteiger partial charge < -0.3 is 10.2 Å². The van der Waals surface area contributed by atoms with Crippen molar-refractivity contribution in [2.45, 2.75) is 33.6 Å². The van der Waals surface area contributed by atoms with Crippen molar-refractivity contribution in [3.05, 3.63) is 34.9 Å². The molecule has 0 saturated carbocycles. The van der Waals surface area contributed by atoms with Crippen LogP contribution >= 0.6 is 0 Å². The van der Waals surface area contributed by atoms with Crippen molar-refractivity contribution in [1.29, 1.82) is 0 Å². The lowest BCUT2D eigenvalue weighted by Gasteiger charge is -2.32. The van der Waals surface area contributed by atoms with E-state index in [1.807, 2.05) is 37.8 Å². The Kier molecular flexibility index (Phi) is 4.99. The molecule has 1 fully saturated rings. The minimum absolute atomic E-state index is 0.0378. The van der Waals surface area contributed by atoms with Crippen LogP contribution < -0.4 is 5.32 Å². The van der Waals surface area contributed by atoms with E-state index in [0.29, 0.717) is 13.1 Å². The van der Waals surface area contributed by atoms with Gasteiger partial charge in [0.15, 0.2) is 0 Å². The van der Waals surface area contributed by atoms with Crippen LogP contribution in [-0.2, 0) is 4.79 Å². The van der Waals surface area contributed by atoms with E-state index in [9.17, 15) is 9.59 Å². The maximum Gasteiger partial charge on any atom is 0.253 e. The Balaban J connectivity index is 2.10. The highest BCUT2D eigenvalue weighted by molar-refractivity contribution is 5.95. The third kappa shape index (κ3) is 3.84. The first-order chi connectivity index (χ1) is 10.0. The number of nitrogens with zero attached hydrogens (tertiary/aromatic N) is 1. The zero-order valence-corrected chi connectivity index (χ0v) is 13.1. The van der Waals surface area contributed by atoms with E-state index in [4.69, 9.17) is 0 Å². The molecule has 0 aromatic heterocycles. The average molecular weight is 288 g/mol. The topological polar surface area (TPSA) is 49.4 Å². The lowest BCUT2D eigenvalue weighted by atomic mass is 9.96. The quantitative estimate of drug-likeness (QED) is 0.927. The van der Waals surface area contributed by atoms with Crippen LogP contribution in [0.25, 0.3) is 0 Å². The fraction of sp³-hybridized carbons (Fsp3) is 0.529. The second-order valence-electron chi connectivity index (χ2n) is 5.86. The van der Waals surface area contributed by atoms with E-state index in [-0.39, 0.29) is 17.7 Å². The normalized spacial score (nSPS) is 18.4. The summed E-state index contributed by atoms with van der Waals surface area (Å²) in [7, 11) is 0. The van der Waals surface area contributed by atoms with E-state index in [1.165, 1.54) is 0 Å². The number of carbonyl (C=O) groups excluding carboxylic acids is 2. The second-order valence-corrected chi connectivity index (χ2v) is 5.86. The molecule has 1 heterocycles. The van der Waals surface area contributed by atoms with Crippen molar-refractivity contribution in [1.82, 2.24) is 10.2 Å². The molecule has 1 N–H and O–H groups in total. The smallest absolute Gasteiger partial charge is 0.253 e. The third-order valence-electron chi connectivity index (χ3n) is 3.90. The first kappa shape index (κ1) is 15.5. The van der Waals surface area contributed by atoms with Gasteiger partial charge in [-0.05, 0) is 45.7 Å². The highest BCUT2D eigenvalue weighted by atomic mass is 16.2. The molecule has 1 atom stereocenters. The second kappa shape index (κ2) is 6.74. The summed E-state index contributed by atoms with van der Waals surface area (Å²) in [5.41, 5.74) is 2.91. The van der Waals surface area contributed by atoms with Crippen LogP contribution in [-0.4, -0.2) is 36.3 Å². The van der Waals surface area contributed by atoms with Gasteiger partial charge in [-0.25, -0.2) is 0 Å². The van der Waals surface area contributed by atoms with Gasteiger partial charge in [-0.2, -0.15) is 0 Å². The highest BCUT2D eigenvalue weighted by Crippen LogP contribution is 2.20. The standard InChI is InChI=1S/C17H24N2O2/c1-4-18-16(20)14-6-5-7-19(11-14)17(21)15-9-12(2)8-13(3)10-15/h8-10,14H,4-7,11H2,1-3H3,(H,18,20)/t14-/m1/s1. The average Bonchev–Trinajstić information content (AvgIpc) is 2.46. The van der Waals surface area contributed by atoms with Crippen LogP contribution in [0.15, 0.2) is 18.2 Å². The molecule has 0 bridgehead atoms. The van der Waals surface area contributed by atoms with Crippen LogP contribution in [0, 0.1) is 19.8 Å². The molecular formula is C17H24N2O2. The Morgan fingerprint density at radius 1 is 1.24 bits per heavy atom. The van der Waals surface area contributed by atoms with Gasteiger partial charge in [-0.1, -0.05) is 17.2 Å². The van der Waals surface area contributed by atoms with Crippen LogP contribution in [0.5, 0.6) is 0 Å². The van der Waals surface area contributed by atoms with Crippen molar-refractivity contribution < 1.29 is 9.59 Å². The van der Waals surface area contributed by atoms with Gasteiger partial charge in [0.1, 0.15) is 0 Å². The zero-order valence-electron chi connectivity index (χ0n) is 13.1. The first-order valence-corrected chi connectivity index (χ1v) is 7.66. The molecule has 0 aliphatic carbocycles. The summed E-state index contributed by atoms with van der Waals surface area (Å²) in [5.74, 6) is 0.0276. The summed E-state index contributed by atoms with van der Waals surface area (Å²) in [6.45, 7) is 7.81. The number of hydrogen-bond donors (Lipinski definition) is 1. The van der Waals surface area contributed by atoms with Gasteiger partial charge >= 0.3 is 0 Å². The molecule has 4 nitrogen and oxygen atoms in total. The van der Waals surface area contributed by atoms with Crippen LogP contribution in [0.3, 0.4) is 0 Å². The molecule has 0 unspecified atom stereocenters. The molecule has 21 heavy (non-hydrogen) atoms. The van der Waals surface area contributed by atoms with E-state index in [2.05, 4.69) is 11.4 Å². The molecular weight excluding hydrogens is 264 g/mol. The number of benzene rings is 1. The summed E-state index contributed by atoms with van der Waals surface area (Å²) < 4.78 is 0. The molecule has 0 spiro atoms. The molecule has 1 aliphatic rings. The van der Waals surface area contributed by atoms with Crippen molar-refractivity contribution >= 4 is 11.8 Å². The summed E-state index contributed by atoms with van der Waals surface area (Å²) in [6.07, 6.45) is 1.75. The summed E-state index contributed by atoms with van der Waals surface area (Å²) in [4.78, 5) is 26.4. The van der Waals surface area contributed by atoms with Crippen molar-refractivity contribution in [3.63, 3.8) is 0 Å². The number of hydrogen-bond acceptors (Lipinski definition) is 2. The minimum Gasteiger partial charge on any atom is -0.356 e. The largest absolute Gasteiger partial charge is 0.356 e. The monoisotopic (exact) mass is 288 g/mol. The van der Waals surface area contributed by atoms with E-state index < -0.39 is 0 Å². The number of piperidine rings is 1. The molecule has 1 aromatic carbocycles. The Morgan fingerprint density at radius 2 is 1.90 bits per heavy atom. The fourth-order valence-corrected chi connectivity index (χ4v) is 2.97. The highest BCUT2D eigenvalue weighted by Gasteiger charge is 2.28. The van der Waals surface area contributed by atoms with E-state index >= 15 is 0 Å². The SMILES string of the molecule is CCNC(=O)[C@@H]1CCCN(C(=O)c2cc(C)cc(C)c2)C1. The number of likely N-dealkylation sites (tertiary alicyclic amines) is 1. The molecule has 0 radical (unpaired) electrons. The van der Waals surface area contributed by atoms with Gasteiger partial charge in [-0.3, -0.25) is 9.59 Å². The Morgan fingerprint density at radius 3 is 2.52 bits per heavy atom. The molecule has 4 heteroatoms. The lowest BCUT2D eigenvalue weighted by molar-refractivity contribution is -0.126. The number of nitrogens with one attached hydrogen (secondary N) is 1. The van der Waals surface area contributed by atoms with Gasteiger partial charge in [-0.15, -0.1) is 0 Å². The Hall–Kier alpha value is -1.84. The summed E-state index contributed by atoms with van der Waals surface area (Å²) in [6, 6.07) is 5.90. The van der Waals surface area contributed by atoms with Crippen LogP contribution in [0.1, 0.15) is 41.3 Å². The number of rotatable bonds is 3. The number of aryl methyl sites for hydroxylation is 2. The minimum atomic E-state index is -0.0754. The zero-order chi connectivity index (χ0) is 15.4.